The van der Waals surface area contributed by atoms with Gasteiger partial charge in [0.1, 0.15) is 6.17 Å². The number of likely N-dealkylation sites (tertiary alicyclic amines) is 1. The zero-order valence-electron chi connectivity index (χ0n) is 11.6. The Kier molecular flexibility index (Phi) is 3.69. The fourth-order valence-electron chi connectivity index (χ4n) is 3.48. The largest absolute Gasteiger partial charge is 0.300 e. The van der Waals surface area contributed by atoms with Crippen molar-refractivity contribution in [1.29, 1.82) is 0 Å². The van der Waals surface area contributed by atoms with E-state index in [0.717, 1.165) is 19.5 Å². The number of hydrogen-bond donors (Lipinski definition) is 0. The van der Waals surface area contributed by atoms with Gasteiger partial charge in [0.15, 0.2) is 0 Å². The van der Waals surface area contributed by atoms with Gasteiger partial charge in [-0.15, -0.1) is 0 Å². The summed E-state index contributed by atoms with van der Waals surface area (Å²) in [5.41, 5.74) is 4.47. The Morgan fingerprint density at radius 3 is 2.74 bits per heavy atom. The predicted octanol–water partition coefficient (Wildman–Crippen LogP) is 3.70. The van der Waals surface area contributed by atoms with E-state index in [4.69, 9.17) is 0 Å². The van der Waals surface area contributed by atoms with Crippen molar-refractivity contribution in [2.45, 2.75) is 32.4 Å². The molecule has 1 aromatic carbocycles. The maximum absolute atomic E-state index is 13.0. The minimum absolute atomic E-state index is 0.600. The normalized spacial score (nSPS) is 22.1. The van der Waals surface area contributed by atoms with Gasteiger partial charge in [0.2, 0.25) is 0 Å². The second kappa shape index (κ2) is 5.46. The van der Waals surface area contributed by atoms with Crippen LogP contribution in [0.1, 0.15) is 30.9 Å². The number of nitrogens with zero attached hydrogens (tertiary/aromatic N) is 1. The quantitative estimate of drug-likeness (QED) is 0.800. The van der Waals surface area contributed by atoms with Gasteiger partial charge in [-0.05, 0) is 61.9 Å². The maximum Gasteiger partial charge on any atom is 0.110 e. The van der Waals surface area contributed by atoms with Crippen LogP contribution in [0.4, 0.5) is 4.39 Å². The molecule has 1 unspecified atom stereocenters. The second-order valence-corrected chi connectivity index (χ2v) is 5.88. The first-order chi connectivity index (χ1) is 9.24. The van der Waals surface area contributed by atoms with E-state index in [1.165, 1.54) is 24.0 Å². The van der Waals surface area contributed by atoms with Crippen molar-refractivity contribution < 1.29 is 4.39 Å². The van der Waals surface area contributed by atoms with E-state index in [9.17, 15) is 4.39 Å². The third-order valence-electron chi connectivity index (χ3n) is 4.41. The molecule has 0 bridgehead atoms. The van der Waals surface area contributed by atoms with Crippen molar-refractivity contribution in [3.63, 3.8) is 0 Å². The monoisotopic (exact) mass is 259 g/mol. The first kappa shape index (κ1) is 12.9. The highest BCUT2D eigenvalue weighted by molar-refractivity contribution is 5.74. The fourth-order valence-corrected chi connectivity index (χ4v) is 3.48. The lowest BCUT2D eigenvalue weighted by Crippen LogP contribution is -2.37. The summed E-state index contributed by atoms with van der Waals surface area (Å²) in [5.74, 6) is 0.676. The van der Waals surface area contributed by atoms with E-state index in [1.807, 2.05) is 0 Å². The summed E-state index contributed by atoms with van der Waals surface area (Å²) in [6.07, 6.45) is 5.14. The highest BCUT2D eigenvalue weighted by Gasteiger charge is 2.26. The molecular weight excluding hydrogens is 237 g/mol. The van der Waals surface area contributed by atoms with Gasteiger partial charge >= 0.3 is 0 Å². The molecule has 0 amide bonds. The number of halogens is 1. The molecule has 0 N–H and O–H groups in total. The Morgan fingerprint density at radius 2 is 2.00 bits per heavy atom. The Balaban J connectivity index is 1.64. The molecular formula is C17H22FN. The van der Waals surface area contributed by atoms with Gasteiger partial charge in [-0.1, -0.05) is 30.3 Å². The van der Waals surface area contributed by atoms with Gasteiger partial charge in [-0.25, -0.2) is 4.39 Å². The van der Waals surface area contributed by atoms with Crippen molar-refractivity contribution in [1.82, 2.24) is 4.90 Å². The third kappa shape index (κ3) is 2.74. The lowest BCUT2D eigenvalue weighted by molar-refractivity contribution is 0.161. The van der Waals surface area contributed by atoms with E-state index in [1.54, 1.807) is 12.5 Å². The SMILES string of the molecule is CC(F)CN1CCC(C2=CCc3ccccc32)CC1. The first-order valence-electron chi connectivity index (χ1n) is 7.39. The van der Waals surface area contributed by atoms with Crippen molar-refractivity contribution in [3.8, 4) is 0 Å². The van der Waals surface area contributed by atoms with Gasteiger partial charge in [0, 0.05) is 6.54 Å². The van der Waals surface area contributed by atoms with Crippen molar-refractivity contribution in [2.24, 2.45) is 5.92 Å². The van der Waals surface area contributed by atoms with Crippen LogP contribution in [0.15, 0.2) is 30.3 Å². The molecule has 1 heterocycles. The number of benzene rings is 1. The number of hydrogen-bond acceptors (Lipinski definition) is 1. The summed E-state index contributed by atoms with van der Waals surface area (Å²) >= 11 is 0. The Morgan fingerprint density at radius 1 is 1.26 bits per heavy atom. The standard InChI is InChI=1S/C17H22FN/c1-13(18)12-19-10-8-15(9-11-19)17-7-6-14-4-2-3-5-16(14)17/h2-5,7,13,15H,6,8-12H2,1H3. The third-order valence-corrected chi connectivity index (χ3v) is 4.41. The van der Waals surface area contributed by atoms with Gasteiger partial charge in [0.25, 0.3) is 0 Å². The van der Waals surface area contributed by atoms with E-state index in [2.05, 4.69) is 35.2 Å². The van der Waals surface area contributed by atoms with Crippen LogP contribution >= 0.6 is 0 Å². The summed E-state index contributed by atoms with van der Waals surface area (Å²) in [6.45, 7) is 4.33. The molecule has 0 saturated carbocycles. The van der Waals surface area contributed by atoms with E-state index in [-0.39, 0.29) is 0 Å². The van der Waals surface area contributed by atoms with Crippen LogP contribution in [-0.4, -0.2) is 30.7 Å². The number of alkyl halides is 1. The molecule has 2 heteroatoms. The maximum atomic E-state index is 13.0. The molecule has 1 aromatic rings. The molecule has 0 aromatic heterocycles. The molecule has 1 nitrogen and oxygen atoms in total. The van der Waals surface area contributed by atoms with Crippen LogP contribution in [-0.2, 0) is 6.42 Å². The van der Waals surface area contributed by atoms with Crippen LogP contribution in [0.2, 0.25) is 0 Å². The molecule has 0 radical (unpaired) electrons. The minimum atomic E-state index is -0.706. The van der Waals surface area contributed by atoms with Gasteiger partial charge in [-0.2, -0.15) is 0 Å². The zero-order valence-corrected chi connectivity index (χ0v) is 11.6. The smallest absolute Gasteiger partial charge is 0.110 e. The van der Waals surface area contributed by atoms with Crippen LogP contribution in [0.5, 0.6) is 0 Å². The minimum Gasteiger partial charge on any atom is -0.300 e. The highest BCUT2D eigenvalue weighted by atomic mass is 19.1. The Hall–Kier alpha value is -1.15. The lowest BCUT2D eigenvalue weighted by atomic mass is 9.86. The average Bonchev–Trinajstić information content (AvgIpc) is 2.83. The molecule has 102 valence electrons. The topological polar surface area (TPSA) is 3.24 Å². The molecule has 19 heavy (non-hydrogen) atoms. The zero-order chi connectivity index (χ0) is 13.2. The van der Waals surface area contributed by atoms with Gasteiger partial charge in [-0.3, -0.25) is 0 Å². The van der Waals surface area contributed by atoms with Crippen molar-refractivity contribution in [2.75, 3.05) is 19.6 Å². The number of rotatable bonds is 3. The predicted molar refractivity (Wildman–Crippen MR) is 77.9 cm³/mol. The van der Waals surface area contributed by atoms with E-state index in [0.29, 0.717) is 12.5 Å². The van der Waals surface area contributed by atoms with Crippen LogP contribution < -0.4 is 0 Å². The molecule has 0 spiro atoms. The molecule has 1 aliphatic heterocycles. The molecule has 1 atom stereocenters. The lowest BCUT2D eigenvalue weighted by Gasteiger charge is -2.33. The van der Waals surface area contributed by atoms with Crippen molar-refractivity contribution >= 4 is 5.57 Å². The summed E-state index contributed by atoms with van der Waals surface area (Å²) in [6, 6.07) is 8.75. The Labute approximate surface area is 115 Å². The second-order valence-electron chi connectivity index (χ2n) is 5.88. The number of allylic oxidation sites excluding steroid dienone is 2. The summed E-state index contributed by atoms with van der Waals surface area (Å²) in [4.78, 5) is 2.27. The average molecular weight is 259 g/mol. The van der Waals surface area contributed by atoms with Crippen LogP contribution in [0.25, 0.3) is 5.57 Å². The molecule has 1 aliphatic carbocycles. The molecule has 1 saturated heterocycles. The summed E-state index contributed by atoms with van der Waals surface area (Å²) < 4.78 is 13.0. The number of piperidine rings is 1. The first-order valence-corrected chi connectivity index (χ1v) is 7.39. The summed E-state index contributed by atoms with van der Waals surface area (Å²) in [7, 11) is 0. The van der Waals surface area contributed by atoms with Crippen LogP contribution in [0.3, 0.4) is 0 Å². The summed E-state index contributed by atoms with van der Waals surface area (Å²) in [5, 5.41) is 0. The fraction of sp³-hybridized carbons (Fsp3) is 0.529. The molecule has 2 aliphatic rings. The van der Waals surface area contributed by atoms with Crippen LogP contribution in [0, 0.1) is 5.92 Å². The van der Waals surface area contributed by atoms with Crippen molar-refractivity contribution in [3.05, 3.63) is 41.5 Å². The molecule has 1 fully saturated rings. The molecule has 3 rings (SSSR count). The van der Waals surface area contributed by atoms with Gasteiger partial charge in [0.05, 0.1) is 0 Å². The highest BCUT2D eigenvalue weighted by Crippen LogP contribution is 2.37. The number of fused-ring (bicyclic) bond motifs is 1. The Bertz CT molecular complexity index is 470. The van der Waals surface area contributed by atoms with E-state index < -0.39 is 6.17 Å². The van der Waals surface area contributed by atoms with Gasteiger partial charge < -0.3 is 4.90 Å². The van der Waals surface area contributed by atoms with E-state index >= 15 is 0 Å².